The molecule has 10 nitrogen and oxygen atoms in total. The molecule has 11 heteroatoms. The van der Waals surface area contributed by atoms with E-state index in [-0.39, 0.29) is 31.0 Å². The van der Waals surface area contributed by atoms with Crippen molar-refractivity contribution in [3.8, 4) is 0 Å². The number of carbonyl (C=O) groups is 2. The number of fused-ring (bicyclic) bond motifs is 1. The number of halogens is 1. The van der Waals surface area contributed by atoms with Gasteiger partial charge < -0.3 is 20.3 Å². The van der Waals surface area contributed by atoms with E-state index in [2.05, 4.69) is 30.6 Å². The van der Waals surface area contributed by atoms with Crippen molar-refractivity contribution in [2.24, 2.45) is 5.92 Å². The maximum Gasteiger partial charge on any atom is 0.223 e. The molecule has 1 amide bonds. The molecule has 0 radical (unpaired) electrons. The predicted molar refractivity (Wildman–Crippen MR) is 150 cm³/mol. The molecule has 2 fully saturated rings. The van der Waals surface area contributed by atoms with E-state index in [9.17, 15) is 9.59 Å². The van der Waals surface area contributed by atoms with Crippen LogP contribution in [0.2, 0.25) is 5.15 Å². The van der Waals surface area contributed by atoms with Crippen LogP contribution in [-0.2, 0) is 20.7 Å². The minimum absolute atomic E-state index is 0.0140. The van der Waals surface area contributed by atoms with Gasteiger partial charge in [0.2, 0.25) is 11.9 Å². The molecule has 0 bridgehead atoms. The minimum Gasteiger partial charge on any atom is -0.378 e. The van der Waals surface area contributed by atoms with Gasteiger partial charge in [-0.2, -0.15) is 0 Å². The largest absolute Gasteiger partial charge is 0.378 e. The average molecular weight is 552 g/mol. The van der Waals surface area contributed by atoms with Crippen LogP contribution >= 0.6 is 11.6 Å². The lowest BCUT2D eigenvalue weighted by molar-refractivity contribution is -0.136. The second kappa shape index (κ2) is 13.1. The smallest absolute Gasteiger partial charge is 0.223 e. The Morgan fingerprint density at radius 2 is 1.77 bits per heavy atom. The van der Waals surface area contributed by atoms with E-state index in [0.29, 0.717) is 49.4 Å². The number of anilines is 2. The van der Waals surface area contributed by atoms with Crippen LogP contribution in [0.25, 0.3) is 10.9 Å². The first-order valence-corrected chi connectivity index (χ1v) is 14.0. The number of morpholine rings is 1. The molecule has 0 aromatic carbocycles. The Hall–Kier alpha value is -3.37. The molecule has 3 aromatic rings. The molecule has 5 rings (SSSR count). The molecular formula is C28H34ClN7O3. The van der Waals surface area contributed by atoms with Gasteiger partial charge in [0.1, 0.15) is 17.1 Å². The average Bonchev–Trinajstić information content (AvgIpc) is 2.97. The van der Waals surface area contributed by atoms with Crippen LogP contribution in [0.3, 0.4) is 0 Å². The summed E-state index contributed by atoms with van der Waals surface area (Å²) in [5.41, 5.74) is 1.48. The Labute approximate surface area is 232 Å². The van der Waals surface area contributed by atoms with Crippen molar-refractivity contribution in [2.75, 3.05) is 43.5 Å². The lowest BCUT2D eigenvalue weighted by Gasteiger charge is -2.29. The second-order valence-corrected chi connectivity index (χ2v) is 10.6. The molecule has 3 aromatic heterocycles. The van der Waals surface area contributed by atoms with Gasteiger partial charge in [0.15, 0.2) is 5.15 Å². The number of hydrogen-bond donors (Lipinski definition) is 2. The third kappa shape index (κ3) is 7.60. The van der Waals surface area contributed by atoms with Crippen molar-refractivity contribution in [3.05, 3.63) is 47.5 Å². The molecular weight excluding hydrogens is 518 g/mol. The zero-order chi connectivity index (χ0) is 27.0. The molecule has 1 aliphatic heterocycles. The van der Waals surface area contributed by atoms with Crippen LogP contribution < -0.4 is 10.6 Å². The van der Waals surface area contributed by atoms with Gasteiger partial charge in [-0.15, -0.1) is 0 Å². The van der Waals surface area contributed by atoms with E-state index < -0.39 is 0 Å². The van der Waals surface area contributed by atoms with Crippen LogP contribution in [0.15, 0.2) is 36.8 Å². The van der Waals surface area contributed by atoms with Gasteiger partial charge in [0.25, 0.3) is 0 Å². The summed E-state index contributed by atoms with van der Waals surface area (Å²) in [4.78, 5) is 43.9. The highest BCUT2D eigenvalue weighted by molar-refractivity contribution is 6.33. The summed E-state index contributed by atoms with van der Waals surface area (Å²) in [5, 5.41) is 8.29. The number of pyridine rings is 2. The van der Waals surface area contributed by atoms with E-state index in [1.54, 1.807) is 23.5 Å². The fourth-order valence-electron chi connectivity index (χ4n) is 5.12. The summed E-state index contributed by atoms with van der Waals surface area (Å²) in [6, 6.07) is 6.29. The predicted octanol–water partition coefficient (Wildman–Crippen LogP) is 3.91. The molecule has 1 saturated heterocycles. The number of carbonyl (C=O) groups excluding carboxylic acids is 2. The number of nitrogens with one attached hydrogen (secondary N) is 2. The summed E-state index contributed by atoms with van der Waals surface area (Å²) >= 11 is 6.21. The lowest BCUT2D eigenvalue weighted by Crippen LogP contribution is -2.40. The Morgan fingerprint density at radius 3 is 2.54 bits per heavy atom. The van der Waals surface area contributed by atoms with Gasteiger partial charge in [0, 0.05) is 68.9 Å². The Balaban J connectivity index is 1.00. The van der Waals surface area contributed by atoms with Gasteiger partial charge in [-0.05, 0) is 55.4 Å². The maximum atomic E-state index is 12.3. The molecule has 1 saturated carbocycles. The summed E-state index contributed by atoms with van der Waals surface area (Å²) in [5.74, 6) is 1.97. The Bertz CT molecular complexity index is 1280. The summed E-state index contributed by atoms with van der Waals surface area (Å²) < 4.78 is 5.26. The number of hydrogen-bond acceptors (Lipinski definition) is 9. The number of nitrogens with zero attached hydrogens (tertiary/aromatic N) is 5. The molecule has 0 unspecified atom stereocenters. The number of amides is 1. The Morgan fingerprint density at radius 1 is 1.00 bits per heavy atom. The lowest BCUT2D eigenvalue weighted by atomic mass is 9.86. The van der Waals surface area contributed by atoms with E-state index in [4.69, 9.17) is 16.3 Å². The highest BCUT2D eigenvalue weighted by Crippen LogP contribution is 2.28. The highest BCUT2D eigenvalue weighted by atomic mass is 35.5. The highest BCUT2D eigenvalue weighted by Gasteiger charge is 2.22. The monoisotopic (exact) mass is 551 g/mol. The Kier molecular flexibility index (Phi) is 9.15. The van der Waals surface area contributed by atoms with Crippen molar-refractivity contribution in [2.45, 2.75) is 51.0 Å². The van der Waals surface area contributed by atoms with Gasteiger partial charge in [-0.3, -0.25) is 9.59 Å². The van der Waals surface area contributed by atoms with Gasteiger partial charge in [-0.25, -0.2) is 19.9 Å². The van der Waals surface area contributed by atoms with Gasteiger partial charge >= 0.3 is 0 Å². The molecule has 0 atom stereocenters. The van der Waals surface area contributed by atoms with Crippen LogP contribution in [0.4, 0.5) is 11.8 Å². The number of ether oxygens (including phenoxy) is 1. The van der Waals surface area contributed by atoms with Crippen molar-refractivity contribution in [3.63, 3.8) is 0 Å². The van der Waals surface area contributed by atoms with Crippen molar-refractivity contribution in [1.29, 1.82) is 0 Å². The van der Waals surface area contributed by atoms with E-state index in [1.165, 1.54) is 0 Å². The van der Waals surface area contributed by atoms with E-state index in [1.807, 2.05) is 18.2 Å². The third-order valence-electron chi connectivity index (χ3n) is 7.40. The number of aromatic nitrogens is 4. The first-order chi connectivity index (χ1) is 19.0. The van der Waals surface area contributed by atoms with Gasteiger partial charge in [-0.1, -0.05) is 11.6 Å². The van der Waals surface area contributed by atoms with Crippen molar-refractivity contribution < 1.29 is 14.3 Å². The molecule has 2 N–H and O–H groups in total. The standard InChI is InChI=1S/C28H34ClN7O3/c29-27-26-21(9-10-30-27)3-7-24(35-26)34-22-4-1-19(2-5-22)16-31-28-32-17-20(18-33-28)15-23(37)6-8-25(38)36-11-13-39-14-12-36/h3,7,9-10,17-19,22H,1-2,4-6,8,11-16H2,(H,34,35)(H,31,32,33). The topological polar surface area (TPSA) is 122 Å². The fraction of sp³-hybridized carbons (Fsp3) is 0.500. The molecule has 0 spiro atoms. The van der Waals surface area contributed by atoms with Crippen LogP contribution in [-0.4, -0.2) is 75.4 Å². The molecule has 39 heavy (non-hydrogen) atoms. The normalized spacial score (nSPS) is 19.6. The van der Waals surface area contributed by atoms with E-state index >= 15 is 0 Å². The zero-order valence-corrected chi connectivity index (χ0v) is 22.7. The summed E-state index contributed by atoms with van der Waals surface area (Å²) in [6.45, 7) is 3.14. The quantitative estimate of drug-likeness (QED) is 0.361. The minimum atomic E-state index is 0.0140. The zero-order valence-electron chi connectivity index (χ0n) is 21.9. The van der Waals surface area contributed by atoms with Crippen molar-refractivity contribution in [1.82, 2.24) is 24.8 Å². The van der Waals surface area contributed by atoms with Crippen LogP contribution in [0.1, 0.15) is 44.1 Å². The molecule has 1 aliphatic carbocycles. The fourth-order valence-corrected chi connectivity index (χ4v) is 5.33. The first-order valence-electron chi connectivity index (χ1n) is 13.6. The molecule has 4 heterocycles. The van der Waals surface area contributed by atoms with E-state index in [0.717, 1.165) is 54.5 Å². The van der Waals surface area contributed by atoms with Crippen molar-refractivity contribution >= 4 is 46.0 Å². The van der Waals surface area contributed by atoms with Crippen LogP contribution in [0, 0.1) is 5.92 Å². The molecule has 2 aliphatic rings. The first kappa shape index (κ1) is 27.2. The van der Waals surface area contributed by atoms with Crippen LogP contribution in [0.5, 0.6) is 0 Å². The SMILES string of the molecule is O=C(CCC(=O)N1CCOCC1)Cc1cnc(NCC2CCC(Nc3ccc4ccnc(Cl)c4n3)CC2)nc1. The second-order valence-electron chi connectivity index (χ2n) is 10.2. The third-order valence-corrected chi connectivity index (χ3v) is 7.68. The summed E-state index contributed by atoms with van der Waals surface area (Å²) in [7, 11) is 0. The number of ketones is 1. The molecule has 206 valence electrons. The van der Waals surface area contributed by atoms with Gasteiger partial charge in [0.05, 0.1) is 13.2 Å². The maximum absolute atomic E-state index is 12.3. The number of rotatable bonds is 10. The number of Topliss-reactive ketones (excluding diaryl/α,β-unsaturated/α-hetero) is 1. The summed E-state index contributed by atoms with van der Waals surface area (Å²) in [6.07, 6.45) is 10.1.